The summed E-state index contributed by atoms with van der Waals surface area (Å²) >= 11 is 1.56. The number of nitrogens with zero attached hydrogens (tertiary/aromatic N) is 2. The molecule has 1 aromatic carbocycles. The van der Waals surface area contributed by atoms with Crippen molar-refractivity contribution in [3.05, 3.63) is 62.5 Å². The maximum atomic E-state index is 13.9. The number of nitrogens with one attached hydrogen (secondary N) is 1. The maximum absolute atomic E-state index is 13.9. The molecule has 0 bridgehead atoms. The zero-order chi connectivity index (χ0) is 20.7. The average Bonchev–Trinajstić information content (AvgIpc) is 3.02. The number of benzene rings is 1. The first kappa shape index (κ1) is 19.7. The fourth-order valence-corrected chi connectivity index (χ4v) is 5.19. The monoisotopic (exact) mass is 417 g/mol. The second kappa shape index (κ2) is 7.67. The van der Waals surface area contributed by atoms with Crippen LogP contribution in [0, 0.1) is 17.6 Å². The van der Waals surface area contributed by atoms with Crippen molar-refractivity contribution in [1.82, 2.24) is 14.9 Å². The fourth-order valence-electron chi connectivity index (χ4n) is 3.85. The second-order valence-corrected chi connectivity index (χ2v) is 8.75. The van der Waals surface area contributed by atoms with Crippen LogP contribution in [0.3, 0.4) is 0 Å². The van der Waals surface area contributed by atoms with Gasteiger partial charge in [-0.15, -0.1) is 11.3 Å². The van der Waals surface area contributed by atoms with Crippen LogP contribution in [0.5, 0.6) is 0 Å². The van der Waals surface area contributed by atoms with E-state index in [9.17, 15) is 18.4 Å². The van der Waals surface area contributed by atoms with Gasteiger partial charge < -0.3 is 5.32 Å². The molecule has 2 aromatic heterocycles. The molecule has 1 aliphatic rings. The summed E-state index contributed by atoms with van der Waals surface area (Å²) in [6.07, 6.45) is 4.23. The van der Waals surface area contributed by atoms with Crippen molar-refractivity contribution in [2.75, 3.05) is 0 Å². The van der Waals surface area contributed by atoms with Gasteiger partial charge in [0.15, 0.2) is 0 Å². The van der Waals surface area contributed by atoms with Gasteiger partial charge in [-0.2, -0.15) is 0 Å². The van der Waals surface area contributed by atoms with E-state index in [1.807, 2.05) is 0 Å². The molecule has 1 amide bonds. The molecule has 8 heteroatoms. The van der Waals surface area contributed by atoms with Crippen LogP contribution in [0.4, 0.5) is 8.78 Å². The molecule has 0 unspecified atom stereocenters. The van der Waals surface area contributed by atoms with Crippen LogP contribution >= 0.6 is 11.3 Å². The number of hydrogen-bond acceptors (Lipinski definition) is 4. The number of carbonyl (C=O) groups excluding carboxylic acids is 1. The smallest absolute Gasteiger partial charge is 0.262 e. The third-order valence-corrected chi connectivity index (χ3v) is 6.56. The second-order valence-electron chi connectivity index (χ2n) is 7.66. The molecule has 0 radical (unpaired) electrons. The molecule has 5 nitrogen and oxygen atoms in total. The van der Waals surface area contributed by atoms with Crippen molar-refractivity contribution in [3.8, 4) is 0 Å². The Morgan fingerprint density at radius 1 is 1.41 bits per heavy atom. The lowest BCUT2D eigenvalue weighted by atomic mass is 9.89. The number of rotatable bonds is 4. The molecule has 0 spiro atoms. The predicted octanol–water partition coefficient (Wildman–Crippen LogP) is 3.74. The zero-order valence-corrected chi connectivity index (χ0v) is 17.0. The lowest BCUT2D eigenvalue weighted by Crippen LogP contribution is -2.34. The van der Waals surface area contributed by atoms with Gasteiger partial charge in [0.2, 0.25) is 5.91 Å². The topological polar surface area (TPSA) is 64.0 Å². The van der Waals surface area contributed by atoms with Crippen molar-refractivity contribution in [2.24, 2.45) is 5.92 Å². The minimum atomic E-state index is -0.725. The van der Waals surface area contributed by atoms with E-state index in [2.05, 4.69) is 17.2 Å². The quantitative estimate of drug-likeness (QED) is 0.703. The highest BCUT2D eigenvalue weighted by molar-refractivity contribution is 7.18. The molecule has 1 N–H and O–H groups in total. The molecule has 1 aliphatic carbocycles. The first-order chi connectivity index (χ1) is 13.8. The van der Waals surface area contributed by atoms with Crippen molar-refractivity contribution < 1.29 is 13.6 Å². The number of thiophene rings is 1. The lowest BCUT2D eigenvalue weighted by Gasteiger charge is -2.17. The number of amides is 1. The van der Waals surface area contributed by atoms with Crippen LogP contribution in [-0.4, -0.2) is 15.5 Å². The largest absolute Gasteiger partial charge is 0.348 e. The number of fused-ring (bicyclic) bond motifs is 3. The van der Waals surface area contributed by atoms with E-state index in [1.165, 1.54) is 21.8 Å². The highest BCUT2D eigenvalue weighted by Crippen LogP contribution is 2.35. The zero-order valence-electron chi connectivity index (χ0n) is 16.2. The Balaban J connectivity index is 1.55. The highest BCUT2D eigenvalue weighted by atomic mass is 32.1. The molecule has 0 saturated carbocycles. The first-order valence-electron chi connectivity index (χ1n) is 9.57. The normalized spacial score (nSPS) is 17.2. The van der Waals surface area contributed by atoms with Crippen LogP contribution in [0.15, 0.2) is 29.3 Å². The van der Waals surface area contributed by atoms with Crippen molar-refractivity contribution in [1.29, 1.82) is 0 Å². The van der Waals surface area contributed by atoms with Gasteiger partial charge in [0.1, 0.15) is 23.0 Å². The van der Waals surface area contributed by atoms with E-state index in [-0.39, 0.29) is 17.7 Å². The van der Waals surface area contributed by atoms with Gasteiger partial charge in [0.05, 0.1) is 17.8 Å². The van der Waals surface area contributed by atoms with E-state index in [0.717, 1.165) is 37.0 Å². The maximum Gasteiger partial charge on any atom is 0.262 e. The number of hydrogen-bond donors (Lipinski definition) is 1. The molecular weight excluding hydrogens is 396 g/mol. The number of carbonyl (C=O) groups is 1. The van der Waals surface area contributed by atoms with Gasteiger partial charge in [0, 0.05) is 16.5 Å². The van der Waals surface area contributed by atoms with Crippen LogP contribution in [0.25, 0.3) is 10.2 Å². The van der Waals surface area contributed by atoms with Gasteiger partial charge in [-0.1, -0.05) is 13.0 Å². The Bertz CT molecular complexity index is 1150. The fraction of sp³-hybridized carbons (Fsp3) is 0.381. The van der Waals surface area contributed by atoms with E-state index in [1.54, 1.807) is 18.3 Å². The van der Waals surface area contributed by atoms with Gasteiger partial charge >= 0.3 is 0 Å². The first-order valence-corrected chi connectivity index (χ1v) is 10.4. The van der Waals surface area contributed by atoms with E-state index < -0.39 is 23.6 Å². The van der Waals surface area contributed by atoms with E-state index in [0.29, 0.717) is 16.1 Å². The summed E-state index contributed by atoms with van der Waals surface area (Å²) in [6, 6.07) is 2.56. The van der Waals surface area contributed by atoms with Crippen molar-refractivity contribution in [3.63, 3.8) is 0 Å². The molecule has 2 atom stereocenters. The summed E-state index contributed by atoms with van der Waals surface area (Å²) in [5.74, 6) is -1.25. The Hall–Kier alpha value is -2.61. The average molecular weight is 417 g/mol. The van der Waals surface area contributed by atoms with Crippen molar-refractivity contribution >= 4 is 27.5 Å². The van der Waals surface area contributed by atoms with E-state index >= 15 is 0 Å². The minimum absolute atomic E-state index is 0.182. The number of aryl methyl sites for hydroxylation is 1. The Labute approximate surface area is 170 Å². The lowest BCUT2D eigenvalue weighted by molar-refractivity contribution is -0.122. The van der Waals surface area contributed by atoms with Crippen molar-refractivity contribution in [2.45, 2.75) is 45.7 Å². The summed E-state index contributed by atoms with van der Waals surface area (Å²) in [6.45, 7) is 3.60. The molecule has 29 heavy (non-hydrogen) atoms. The molecule has 0 saturated heterocycles. The molecule has 0 fully saturated rings. The van der Waals surface area contributed by atoms with Crippen LogP contribution < -0.4 is 10.9 Å². The number of halogens is 2. The molecule has 0 aliphatic heterocycles. The third kappa shape index (κ3) is 3.81. The standard InChI is InChI=1S/C21H21F2N3O2S/c1-11-3-5-15-17(7-11)29-20-19(15)21(28)26(10-24-20)9-18(27)25-12(2)14-6-4-13(22)8-16(14)23/h4,6,8,10-12H,3,5,7,9H2,1-2H3,(H,25,27)/t11-,12+/m1/s1. The van der Waals surface area contributed by atoms with Crippen LogP contribution in [0.1, 0.15) is 42.3 Å². The SMILES string of the molecule is C[C@@H]1CCc2c(sc3ncn(CC(=O)N[C@@H](C)c4ccc(F)cc4F)c(=O)c23)C1. The Morgan fingerprint density at radius 2 is 2.21 bits per heavy atom. The predicted molar refractivity (Wildman–Crippen MR) is 108 cm³/mol. The molecule has 2 heterocycles. The molecule has 152 valence electrons. The number of aromatic nitrogens is 2. The molecule has 4 rings (SSSR count). The summed E-state index contributed by atoms with van der Waals surface area (Å²) in [5.41, 5.74) is 1.02. The molecular formula is C21H21F2N3O2S. The summed E-state index contributed by atoms with van der Waals surface area (Å²) in [7, 11) is 0. The van der Waals surface area contributed by atoms with Crippen LogP contribution in [-0.2, 0) is 24.2 Å². The summed E-state index contributed by atoms with van der Waals surface area (Å²) < 4.78 is 28.3. The van der Waals surface area contributed by atoms with Crippen LogP contribution in [0.2, 0.25) is 0 Å². The van der Waals surface area contributed by atoms with E-state index in [4.69, 9.17) is 0 Å². The van der Waals surface area contributed by atoms with Gasteiger partial charge in [-0.05, 0) is 43.7 Å². The summed E-state index contributed by atoms with van der Waals surface area (Å²) in [5, 5.41) is 3.27. The highest BCUT2D eigenvalue weighted by Gasteiger charge is 2.23. The van der Waals surface area contributed by atoms with Gasteiger partial charge in [-0.25, -0.2) is 13.8 Å². The molecule has 3 aromatic rings. The Kier molecular flexibility index (Phi) is 5.21. The summed E-state index contributed by atoms with van der Waals surface area (Å²) in [4.78, 5) is 31.7. The van der Waals surface area contributed by atoms with Gasteiger partial charge in [0.25, 0.3) is 5.56 Å². The Morgan fingerprint density at radius 3 is 2.97 bits per heavy atom. The minimum Gasteiger partial charge on any atom is -0.348 e. The third-order valence-electron chi connectivity index (χ3n) is 5.40. The van der Waals surface area contributed by atoms with Gasteiger partial charge in [-0.3, -0.25) is 14.2 Å².